The first-order chi connectivity index (χ1) is 20.8. The van der Waals surface area contributed by atoms with Crippen LogP contribution in [0.3, 0.4) is 0 Å². The number of carbonyl (C=O) groups excluding carboxylic acids is 3. The number of hydrogen-bond donors (Lipinski definition) is 6. The first kappa shape index (κ1) is 34.2. The van der Waals surface area contributed by atoms with Crippen LogP contribution in [0.25, 0.3) is 0 Å². The number of para-hydroxylation sites is 1. The van der Waals surface area contributed by atoms with E-state index in [-0.39, 0.29) is 31.7 Å². The lowest BCUT2D eigenvalue weighted by Gasteiger charge is -2.27. The lowest BCUT2D eigenvalue weighted by atomic mass is 10.0. The van der Waals surface area contributed by atoms with Crippen LogP contribution in [-0.2, 0) is 33.4 Å². The number of nitrogens with one attached hydrogen (secondary N) is 4. The average Bonchev–Trinajstić information content (AvgIpc) is 2.98. The summed E-state index contributed by atoms with van der Waals surface area (Å²) in [6.45, 7) is 3.45. The van der Waals surface area contributed by atoms with Crippen molar-refractivity contribution in [1.29, 1.82) is 0 Å². The molecule has 11 nitrogen and oxygen atoms in total. The molecule has 14 heteroatoms. The van der Waals surface area contributed by atoms with Gasteiger partial charge in [-0.05, 0) is 56.4 Å². The van der Waals surface area contributed by atoms with Crippen LogP contribution in [0.5, 0.6) is 5.75 Å². The van der Waals surface area contributed by atoms with Crippen molar-refractivity contribution in [3.8, 4) is 5.75 Å². The first-order valence-electron chi connectivity index (χ1n) is 14.3. The van der Waals surface area contributed by atoms with Crippen molar-refractivity contribution < 1.29 is 32.3 Å². The molecule has 3 amide bonds. The molecule has 0 saturated carbocycles. The second-order valence-corrected chi connectivity index (χ2v) is 10.5. The van der Waals surface area contributed by atoms with Gasteiger partial charge in [0.25, 0.3) is 0 Å². The molecule has 8 N–H and O–H groups in total. The number of allylic oxidation sites excluding steroid dienone is 2. The van der Waals surface area contributed by atoms with Crippen molar-refractivity contribution in [1.82, 2.24) is 26.3 Å². The van der Waals surface area contributed by atoms with E-state index in [4.69, 9.17) is 16.3 Å². The Morgan fingerprint density at radius 1 is 1.00 bits per heavy atom. The van der Waals surface area contributed by atoms with E-state index in [0.29, 0.717) is 36.5 Å². The molecule has 1 aliphatic rings. The van der Waals surface area contributed by atoms with Gasteiger partial charge in [0, 0.05) is 24.5 Å². The molecular formula is C30H40F3N7O4. The summed E-state index contributed by atoms with van der Waals surface area (Å²) in [4.78, 5) is 39.1. The van der Waals surface area contributed by atoms with Crippen LogP contribution in [0.4, 0.5) is 13.2 Å². The Morgan fingerprint density at radius 3 is 2.45 bits per heavy atom. The fourth-order valence-electron chi connectivity index (χ4n) is 4.52. The molecule has 1 aliphatic heterocycles. The summed E-state index contributed by atoms with van der Waals surface area (Å²) < 4.78 is 45.8. The van der Waals surface area contributed by atoms with E-state index in [2.05, 4.69) is 21.3 Å². The standard InChI is InChI=1S/C30H40F3N7O4/c1-19(34)20(2)40(35)18-25-29(43)37-12-6-9-22-8-3-4-11-26(22)44-14-13-36-24(28(42)38-17-27(41)39-25)16-21-7-5-10-23(15-21)30(31,32)33/h3-5,7-8,10-11,15,24-25,36H,6,9,12-14,16-18,34-35H2,1-2H3,(H,37,43)(H,38,42)(H,39,41)/b20-19-/t24-,25?/m1/s1. The highest BCUT2D eigenvalue weighted by Gasteiger charge is 2.31. The minimum atomic E-state index is -4.54. The van der Waals surface area contributed by atoms with Crippen LogP contribution < -0.4 is 37.6 Å². The van der Waals surface area contributed by atoms with Crippen molar-refractivity contribution in [3.63, 3.8) is 0 Å². The van der Waals surface area contributed by atoms with Crippen LogP contribution in [0.2, 0.25) is 0 Å². The number of nitrogens with two attached hydrogens (primary N) is 2. The summed E-state index contributed by atoms with van der Waals surface area (Å²) in [6.07, 6.45) is -3.43. The number of hydrogen-bond acceptors (Lipinski definition) is 8. The molecule has 0 aliphatic carbocycles. The summed E-state index contributed by atoms with van der Waals surface area (Å²) in [6, 6.07) is 10.1. The number of alkyl halides is 3. The lowest BCUT2D eigenvalue weighted by Crippen LogP contribution is -2.56. The van der Waals surface area contributed by atoms with Gasteiger partial charge in [-0.3, -0.25) is 14.4 Å². The Morgan fingerprint density at radius 2 is 1.73 bits per heavy atom. The molecule has 240 valence electrons. The SMILES string of the molecule is C/C(N)=C(\C)N(N)CC1NC(=O)CNC(=O)[C@@H](Cc2cccc(C(F)(F)F)c2)NCCOc2ccccc2CCCNC1=O. The van der Waals surface area contributed by atoms with Gasteiger partial charge >= 0.3 is 6.18 Å². The summed E-state index contributed by atoms with van der Waals surface area (Å²) in [7, 11) is 0. The number of hydrazine groups is 1. The number of rotatable bonds is 5. The molecule has 0 saturated heterocycles. The molecule has 1 unspecified atom stereocenters. The molecule has 0 bridgehead atoms. The zero-order chi connectivity index (χ0) is 32.3. The van der Waals surface area contributed by atoms with Crippen LogP contribution in [0.15, 0.2) is 59.9 Å². The van der Waals surface area contributed by atoms with Gasteiger partial charge in [-0.15, -0.1) is 0 Å². The maximum Gasteiger partial charge on any atom is 0.416 e. The van der Waals surface area contributed by atoms with Crippen LogP contribution in [-0.4, -0.2) is 67.6 Å². The molecule has 0 aromatic heterocycles. The minimum absolute atomic E-state index is 0.0782. The predicted molar refractivity (Wildman–Crippen MR) is 159 cm³/mol. The van der Waals surface area contributed by atoms with E-state index in [1.54, 1.807) is 13.8 Å². The largest absolute Gasteiger partial charge is 0.492 e. The molecule has 44 heavy (non-hydrogen) atoms. The highest BCUT2D eigenvalue weighted by molar-refractivity contribution is 5.91. The normalized spacial score (nSPS) is 20.0. The summed E-state index contributed by atoms with van der Waals surface area (Å²) in [5.41, 5.74) is 7.15. The summed E-state index contributed by atoms with van der Waals surface area (Å²) in [5, 5.41) is 12.2. The fraction of sp³-hybridized carbons (Fsp3) is 0.433. The highest BCUT2D eigenvalue weighted by atomic mass is 19.4. The molecule has 2 atom stereocenters. The van der Waals surface area contributed by atoms with E-state index in [9.17, 15) is 27.6 Å². The third kappa shape index (κ3) is 10.5. The number of nitrogens with zero attached hydrogens (tertiary/aromatic N) is 1. The molecule has 2 aromatic carbocycles. The molecule has 0 fully saturated rings. The topological polar surface area (TPSA) is 164 Å². The van der Waals surface area contributed by atoms with E-state index in [0.717, 1.165) is 17.7 Å². The third-order valence-electron chi connectivity index (χ3n) is 7.11. The van der Waals surface area contributed by atoms with Gasteiger partial charge < -0.3 is 36.7 Å². The van der Waals surface area contributed by atoms with Crippen LogP contribution in [0, 0.1) is 0 Å². The van der Waals surface area contributed by atoms with Gasteiger partial charge in [-0.1, -0.05) is 36.4 Å². The zero-order valence-electron chi connectivity index (χ0n) is 24.8. The Hall–Kier alpha value is -4.30. The van der Waals surface area contributed by atoms with Gasteiger partial charge in [0.15, 0.2) is 0 Å². The number of aryl methyl sites for hydroxylation is 1. The summed E-state index contributed by atoms with van der Waals surface area (Å²) >= 11 is 0. The van der Waals surface area contributed by atoms with Crippen LogP contribution in [0.1, 0.15) is 37.0 Å². The van der Waals surface area contributed by atoms with Gasteiger partial charge in [0.05, 0.1) is 24.7 Å². The Bertz CT molecular complexity index is 1330. The smallest absolute Gasteiger partial charge is 0.416 e. The molecule has 3 rings (SSSR count). The van der Waals surface area contributed by atoms with E-state index >= 15 is 0 Å². The average molecular weight is 620 g/mol. The number of ether oxygens (including phenoxy) is 1. The maximum atomic E-state index is 13.3. The fourth-order valence-corrected chi connectivity index (χ4v) is 4.52. The first-order valence-corrected chi connectivity index (χ1v) is 14.3. The van der Waals surface area contributed by atoms with Crippen LogP contribution >= 0.6 is 0 Å². The van der Waals surface area contributed by atoms with E-state index < -0.39 is 48.1 Å². The van der Waals surface area contributed by atoms with Crippen molar-refractivity contribution in [2.24, 2.45) is 11.6 Å². The number of amides is 3. The van der Waals surface area contributed by atoms with Crippen molar-refractivity contribution >= 4 is 17.7 Å². The predicted octanol–water partition coefficient (Wildman–Crippen LogP) is 1.33. The van der Waals surface area contributed by atoms with Gasteiger partial charge in [0.1, 0.15) is 18.4 Å². The molecular weight excluding hydrogens is 579 g/mol. The summed E-state index contributed by atoms with van der Waals surface area (Å²) in [5.74, 6) is 4.99. The highest BCUT2D eigenvalue weighted by Crippen LogP contribution is 2.29. The second-order valence-electron chi connectivity index (χ2n) is 10.5. The number of benzene rings is 2. The zero-order valence-corrected chi connectivity index (χ0v) is 24.8. The van der Waals surface area contributed by atoms with Gasteiger partial charge in [-0.25, -0.2) is 5.84 Å². The van der Waals surface area contributed by atoms with Crippen molar-refractivity contribution in [2.45, 2.75) is 51.4 Å². The van der Waals surface area contributed by atoms with Crippen molar-refractivity contribution in [2.75, 3.05) is 32.8 Å². The lowest BCUT2D eigenvalue weighted by molar-refractivity contribution is -0.137. The Kier molecular flexibility index (Phi) is 12.4. The Balaban J connectivity index is 1.83. The van der Waals surface area contributed by atoms with Crippen molar-refractivity contribution in [3.05, 3.63) is 76.6 Å². The third-order valence-corrected chi connectivity index (χ3v) is 7.11. The second kappa shape index (κ2) is 16.0. The number of halogens is 3. The maximum absolute atomic E-state index is 13.3. The van der Waals surface area contributed by atoms with E-state index in [1.807, 2.05) is 24.3 Å². The monoisotopic (exact) mass is 619 g/mol. The quantitative estimate of drug-likeness (QED) is 0.216. The molecule has 0 radical (unpaired) electrons. The van der Waals surface area contributed by atoms with Gasteiger partial charge in [-0.2, -0.15) is 13.2 Å². The number of carbonyl (C=O) groups is 3. The molecule has 0 spiro atoms. The molecule has 1 heterocycles. The van der Waals surface area contributed by atoms with E-state index in [1.165, 1.54) is 17.1 Å². The number of fused-ring (bicyclic) bond motifs is 1. The molecule has 2 aromatic rings. The Labute approximate surface area is 254 Å². The minimum Gasteiger partial charge on any atom is -0.492 e. The van der Waals surface area contributed by atoms with Gasteiger partial charge in [0.2, 0.25) is 17.7 Å².